The first-order valence-electron chi connectivity index (χ1n) is 5.06. The molecule has 2 nitrogen and oxygen atoms in total. The molecular weight excluding hydrogens is 176 g/mol. The summed E-state index contributed by atoms with van der Waals surface area (Å²) >= 11 is 0. The highest BCUT2D eigenvalue weighted by Gasteiger charge is 2.27. The zero-order valence-electron chi connectivity index (χ0n) is 9.35. The monoisotopic (exact) mass is 198 g/mol. The van der Waals surface area contributed by atoms with Crippen LogP contribution >= 0.6 is 0 Å². The van der Waals surface area contributed by atoms with Gasteiger partial charge in [0.25, 0.3) is 0 Å². The molecule has 0 rings (SSSR count). The van der Waals surface area contributed by atoms with Crippen molar-refractivity contribution in [2.24, 2.45) is 17.8 Å². The third kappa shape index (κ3) is 3.28. The smallest absolute Gasteiger partial charge is 0.0650 e. The SMILES string of the molecule is C=C[C@H](C)[C@H](O)C(C)[C@@H](O)[C@@H](C)C=C. The Morgan fingerprint density at radius 2 is 1.14 bits per heavy atom. The molecule has 0 aromatic rings. The van der Waals surface area contributed by atoms with Crippen molar-refractivity contribution in [3.63, 3.8) is 0 Å². The minimum atomic E-state index is -0.551. The molecule has 0 spiro atoms. The molecule has 0 amide bonds. The topological polar surface area (TPSA) is 40.5 Å². The van der Waals surface area contributed by atoms with Crippen LogP contribution in [-0.4, -0.2) is 22.4 Å². The van der Waals surface area contributed by atoms with E-state index in [9.17, 15) is 10.2 Å². The first-order valence-corrected chi connectivity index (χ1v) is 5.06. The van der Waals surface area contributed by atoms with Crippen molar-refractivity contribution in [1.29, 1.82) is 0 Å². The molecule has 0 unspecified atom stereocenters. The van der Waals surface area contributed by atoms with Crippen LogP contribution < -0.4 is 0 Å². The van der Waals surface area contributed by atoms with E-state index in [1.165, 1.54) is 0 Å². The van der Waals surface area contributed by atoms with Crippen molar-refractivity contribution in [3.8, 4) is 0 Å². The van der Waals surface area contributed by atoms with E-state index in [1.54, 1.807) is 12.2 Å². The molecule has 2 N–H and O–H groups in total. The molecule has 0 aliphatic rings. The van der Waals surface area contributed by atoms with Crippen LogP contribution in [0.2, 0.25) is 0 Å². The molecule has 0 bridgehead atoms. The van der Waals surface area contributed by atoms with Crippen LogP contribution in [0.25, 0.3) is 0 Å². The van der Waals surface area contributed by atoms with Gasteiger partial charge in [-0.05, 0) is 0 Å². The third-order valence-electron chi connectivity index (χ3n) is 2.90. The van der Waals surface area contributed by atoms with Crippen molar-refractivity contribution < 1.29 is 10.2 Å². The lowest BCUT2D eigenvalue weighted by atomic mass is 9.84. The van der Waals surface area contributed by atoms with Gasteiger partial charge in [-0.3, -0.25) is 0 Å². The fourth-order valence-corrected chi connectivity index (χ4v) is 1.44. The van der Waals surface area contributed by atoms with Gasteiger partial charge in [-0.15, -0.1) is 13.2 Å². The second kappa shape index (κ2) is 5.99. The maximum Gasteiger partial charge on any atom is 0.0650 e. The molecule has 0 saturated heterocycles. The van der Waals surface area contributed by atoms with E-state index in [2.05, 4.69) is 13.2 Å². The van der Waals surface area contributed by atoms with Crippen LogP contribution in [-0.2, 0) is 0 Å². The van der Waals surface area contributed by atoms with E-state index >= 15 is 0 Å². The van der Waals surface area contributed by atoms with Gasteiger partial charge < -0.3 is 10.2 Å². The predicted molar refractivity (Wildman–Crippen MR) is 59.9 cm³/mol. The summed E-state index contributed by atoms with van der Waals surface area (Å²) in [5.41, 5.74) is 0. The Morgan fingerprint density at radius 1 is 0.857 bits per heavy atom. The lowest BCUT2D eigenvalue weighted by Crippen LogP contribution is -2.36. The minimum Gasteiger partial charge on any atom is -0.392 e. The Hall–Kier alpha value is -0.600. The fourth-order valence-electron chi connectivity index (χ4n) is 1.44. The molecule has 0 aliphatic heterocycles. The molecule has 14 heavy (non-hydrogen) atoms. The second-order valence-electron chi connectivity index (χ2n) is 4.03. The standard InChI is InChI=1S/C12H22O2/c1-6-8(3)11(13)10(5)12(14)9(4)7-2/h6-14H,1-2H2,3-5H3/t8-,9-,11-,12-/m0/s1. The Labute approximate surface area is 87.0 Å². The lowest BCUT2D eigenvalue weighted by molar-refractivity contribution is -0.0112. The number of aliphatic hydroxyl groups is 2. The molecular formula is C12H22O2. The van der Waals surface area contributed by atoms with Crippen molar-refractivity contribution in [2.45, 2.75) is 33.0 Å². The van der Waals surface area contributed by atoms with E-state index in [0.29, 0.717) is 0 Å². The van der Waals surface area contributed by atoms with Gasteiger partial charge in [0, 0.05) is 17.8 Å². The van der Waals surface area contributed by atoms with Crippen molar-refractivity contribution in [2.75, 3.05) is 0 Å². The van der Waals surface area contributed by atoms with Gasteiger partial charge in [0.15, 0.2) is 0 Å². The summed E-state index contributed by atoms with van der Waals surface area (Å²) in [6.07, 6.45) is 2.30. The average Bonchev–Trinajstić information content (AvgIpc) is 2.23. The molecule has 0 heterocycles. The molecule has 82 valence electrons. The lowest BCUT2D eigenvalue weighted by Gasteiger charge is -2.29. The van der Waals surface area contributed by atoms with E-state index in [4.69, 9.17) is 0 Å². The van der Waals surface area contributed by atoms with Gasteiger partial charge >= 0.3 is 0 Å². The molecule has 0 aliphatic carbocycles. The van der Waals surface area contributed by atoms with Gasteiger partial charge in [-0.1, -0.05) is 32.9 Å². The van der Waals surface area contributed by atoms with Crippen LogP contribution in [0.4, 0.5) is 0 Å². The zero-order valence-corrected chi connectivity index (χ0v) is 9.35. The summed E-state index contributed by atoms with van der Waals surface area (Å²) in [5.74, 6) is -0.177. The van der Waals surface area contributed by atoms with Crippen molar-refractivity contribution in [3.05, 3.63) is 25.3 Å². The van der Waals surface area contributed by atoms with E-state index in [1.807, 2.05) is 20.8 Å². The van der Waals surface area contributed by atoms with Crippen LogP contribution in [0.15, 0.2) is 25.3 Å². The fraction of sp³-hybridized carbons (Fsp3) is 0.667. The summed E-state index contributed by atoms with van der Waals surface area (Å²) in [6.45, 7) is 12.9. The molecule has 0 radical (unpaired) electrons. The Morgan fingerprint density at radius 3 is 1.36 bits per heavy atom. The van der Waals surface area contributed by atoms with Crippen LogP contribution in [0.3, 0.4) is 0 Å². The molecule has 0 saturated carbocycles. The van der Waals surface area contributed by atoms with Gasteiger partial charge in [0.05, 0.1) is 12.2 Å². The van der Waals surface area contributed by atoms with Gasteiger partial charge in [0.2, 0.25) is 0 Å². The maximum absolute atomic E-state index is 9.84. The van der Waals surface area contributed by atoms with Crippen molar-refractivity contribution in [1.82, 2.24) is 0 Å². The maximum atomic E-state index is 9.84. The molecule has 0 aromatic heterocycles. The largest absolute Gasteiger partial charge is 0.392 e. The third-order valence-corrected chi connectivity index (χ3v) is 2.90. The van der Waals surface area contributed by atoms with Crippen LogP contribution in [0.5, 0.6) is 0 Å². The predicted octanol–water partition coefficient (Wildman–Crippen LogP) is 1.99. The van der Waals surface area contributed by atoms with E-state index in [0.717, 1.165) is 0 Å². The van der Waals surface area contributed by atoms with Gasteiger partial charge in [0.1, 0.15) is 0 Å². The van der Waals surface area contributed by atoms with Crippen molar-refractivity contribution >= 4 is 0 Å². The Kier molecular flexibility index (Phi) is 5.73. The average molecular weight is 198 g/mol. The van der Waals surface area contributed by atoms with Gasteiger partial charge in [-0.2, -0.15) is 0 Å². The highest BCUT2D eigenvalue weighted by molar-refractivity contribution is 4.90. The van der Waals surface area contributed by atoms with Gasteiger partial charge in [-0.25, -0.2) is 0 Å². The number of hydrogen-bond donors (Lipinski definition) is 2. The highest BCUT2D eigenvalue weighted by atomic mass is 16.3. The molecule has 4 atom stereocenters. The van der Waals surface area contributed by atoms with Crippen LogP contribution in [0.1, 0.15) is 20.8 Å². The number of rotatable bonds is 6. The summed E-state index contributed by atoms with van der Waals surface area (Å²) in [5, 5.41) is 19.7. The quantitative estimate of drug-likeness (QED) is 0.641. The first kappa shape index (κ1) is 13.4. The molecule has 0 fully saturated rings. The number of aliphatic hydroxyl groups excluding tert-OH is 2. The molecule has 2 heteroatoms. The normalized spacial score (nSPS) is 19.9. The minimum absolute atomic E-state index is 0.00309. The summed E-state index contributed by atoms with van der Waals surface area (Å²) < 4.78 is 0. The summed E-state index contributed by atoms with van der Waals surface area (Å²) in [7, 11) is 0. The zero-order chi connectivity index (χ0) is 11.3. The number of hydrogen-bond acceptors (Lipinski definition) is 2. The molecule has 0 aromatic carbocycles. The summed E-state index contributed by atoms with van der Waals surface area (Å²) in [6, 6.07) is 0. The van der Waals surface area contributed by atoms with Crippen LogP contribution in [0, 0.1) is 17.8 Å². The Bertz CT molecular complexity index is 169. The first-order chi connectivity index (χ1) is 6.45. The Balaban J connectivity index is 4.36. The second-order valence-corrected chi connectivity index (χ2v) is 4.03. The highest BCUT2D eigenvalue weighted by Crippen LogP contribution is 2.22. The van der Waals surface area contributed by atoms with E-state index < -0.39 is 12.2 Å². The van der Waals surface area contributed by atoms with E-state index in [-0.39, 0.29) is 17.8 Å². The summed E-state index contributed by atoms with van der Waals surface area (Å²) in [4.78, 5) is 0.